The maximum Gasteiger partial charge on any atom is 0.407 e. The zero-order valence-corrected chi connectivity index (χ0v) is 11.1. The first-order chi connectivity index (χ1) is 8.09. The van der Waals surface area contributed by atoms with E-state index in [9.17, 15) is 4.79 Å². The van der Waals surface area contributed by atoms with Gasteiger partial charge in [0.25, 0.3) is 0 Å². The Balaban J connectivity index is 2.24. The number of alkyl carbamates (subject to hydrolysis) is 1. The summed E-state index contributed by atoms with van der Waals surface area (Å²) >= 11 is 0. The highest BCUT2D eigenvalue weighted by Crippen LogP contribution is 2.17. The highest BCUT2D eigenvalue weighted by atomic mass is 16.5. The number of carbonyl (C=O) groups excluding carboxylic acids is 1. The lowest BCUT2D eigenvalue weighted by molar-refractivity contribution is 0.108. The maximum atomic E-state index is 11.6. The number of carbonyl (C=O) groups is 1. The Bertz CT molecular complexity index is 234. The van der Waals surface area contributed by atoms with Crippen LogP contribution < -0.4 is 11.1 Å². The van der Waals surface area contributed by atoms with Crippen molar-refractivity contribution in [2.45, 2.75) is 70.4 Å². The van der Waals surface area contributed by atoms with Gasteiger partial charge in [0, 0.05) is 11.6 Å². The van der Waals surface area contributed by atoms with Crippen LogP contribution in [-0.4, -0.2) is 24.3 Å². The van der Waals surface area contributed by atoms with Gasteiger partial charge in [-0.25, -0.2) is 4.79 Å². The molecule has 100 valence electrons. The van der Waals surface area contributed by atoms with Crippen molar-refractivity contribution in [3.8, 4) is 0 Å². The highest BCUT2D eigenvalue weighted by molar-refractivity contribution is 5.67. The molecular weight excluding hydrogens is 216 g/mol. The van der Waals surface area contributed by atoms with Gasteiger partial charge in [-0.2, -0.15) is 0 Å². The van der Waals surface area contributed by atoms with Crippen LogP contribution in [0.2, 0.25) is 0 Å². The Morgan fingerprint density at radius 3 is 2.41 bits per heavy atom. The van der Waals surface area contributed by atoms with Crippen LogP contribution >= 0.6 is 0 Å². The van der Waals surface area contributed by atoms with E-state index < -0.39 is 0 Å². The van der Waals surface area contributed by atoms with E-state index in [1.807, 2.05) is 13.8 Å². The first-order valence-electron chi connectivity index (χ1n) is 6.82. The molecule has 0 heterocycles. The largest absolute Gasteiger partial charge is 0.448 e. The molecule has 0 radical (unpaired) electrons. The predicted molar refractivity (Wildman–Crippen MR) is 68.9 cm³/mol. The summed E-state index contributed by atoms with van der Waals surface area (Å²) < 4.78 is 5.22. The molecule has 4 heteroatoms. The Hall–Kier alpha value is -0.770. The van der Waals surface area contributed by atoms with Gasteiger partial charge in [-0.3, -0.25) is 0 Å². The topological polar surface area (TPSA) is 64.3 Å². The monoisotopic (exact) mass is 242 g/mol. The quantitative estimate of drug-likeness (QED) is 0.778. The van der Waals surface area contributed by atoms with Crippen molar-refractivity contribution in [3.63, 3.8) is 0 Å². The SMILES string of the molecule is CCC(N)(CC)COC(=O)NC1CCCCC1. The Labute approximate surface area is 104 Å². The van der Waals surface area contributed by atoms with E-state index in [2.05, 4.69) is 5.32 Å². The molecule has 3 N–H and O–H groups in total. The molecule has 0 atom stereocenters. The van der Waals surface area contributed by atoms with Crippen molar-refractivity contribution >= 4 is 6.09 Å². The van der Waals surface area contributed by atoms with Crippen LogP contribution in [0.3, 0.4) is 0 Å². The van der Waals surface area contributed by atoms with Crippen LogP contribution in [0.1, 0.15) is 58.8 Å². The first kappa shape index (κ1) is 14.3. The van der Waals surface area contributed by atoms with E-state index >= 15 is 0 Å². The van der Waals surface area contributed by atoms with Crippen molar-refractivity contribution in [2.75, 3.05) is 6.61 Å². The summed E-state index contributed by atoms with van der Waals surface area (Å²) in [5, 5.41) is 2.92. The van der Waals surface area contributed by atoms with E-state index in [-0.39, 0.29) is 11.6 Å². The van der Waals surface area contributed by atoms with Gasteiger partial charge in [0.05, 0.1) is 0 Å². The summed E-state index contributed by atoms with van der Waals surface area (Å²) in [6.07, 6.45) is 7.17. The summed E-state index contributed by atoms with van der Waals surface area (Å²) in [5.74, 6) is 0. The van der Waals surface area contributed by atoms with Crippen molar-refractivity contribution < 1.29 is 9.53 Å². The van der Waals surface area contributed by atoms with Crippen LogP contribution in [0.4, 0.5) is 4.79 Å². The van der Waals surface area contributed by atoms with Gasteiger partial charge in [0.15, 0.2) is 0 Å². The lowest BCUT2D eigenvalue weighted by atomic mass is 9.95. The van der Waals surface area contributed by atoms with Gasteiger partial charge in [0.1, 0.15) is 6.61 Å². The minimum absolute atomic E-state index is 0.298. The minimum atomic E-state index is -0.371. The molecule has 1 saturated carbocycles. The van der Waals surface area contributed by atoms with E-state index in [0.717, 1.165) is 25.7 Å². The second kappa shape index (κ2) is 6.84. The number of rotatable bonds is 5. The van der Waals surface area contributed by atoms with Gasteiger partial charge >= 0.3 is 6.09 Å². The summed E-state index contributed by atoms with van der Waals surface area (Å²) in [6, 6.07) is 0.298. The number of hydrogen-bond acceptors (Lipinski definition) is 3. The number of hydrogen-bond donors (Lipinski definition) is 2. The van der Waals surface area contributed by atoms with Crippen LogP contribution in [-0.2, 0) is 4.74 Å². The molecule has 0 bridgehead atoms. The average Bonchev–Trinajstić information content (AvgIpc) is 2.37. The lowest BCUT2D eigenvalue weighted by Gasteiger charge is -2.27. The van der Waals surface area contributed by atoms with Gasteiger partial charge in [-0.1, -0.05) is 33.1 Å². The minimum Gasteiger partial charge on any atom is -0.448 e. The number of ether oxygens (including phenoxy) is 1. The molecule has 1 rings (SSSR count). The highest BCUT2D eigenvalue weighted by Gasteiger charge is 2.23. The molecule has 0 unspecified atom stereocenters. The molecule has 1 fully saturated rings. The molecule has 0 aromatic carbocycles. The van der Waals surface area contributed by atoms with E-state index in [4.69, 9.17) is 10.5 Å². The molecule has 1 aliphatic rings. The van der Waals surface area contributed by atoms with Gasteiger partial charge in [-0.15, -0.1) is 0 Å². The van der Waals surface area contributed by atoms with Crippen LogP contribution in [0.5, 0.6) is 0 Å². The Morgan fingerprint density at radius 2 is 1.88 bits per heavy atom. The molecular formula is C13H26N2O2. The van der Waals surface area contributed by atoms with Gasteiger partial charge in [-0.05, 0) is 25.7 Å². The van der Waals surface area contributed by atoms with Crippen LogP contribution in [0.15, 0.2) is 0 Å². The van der Waals surface area contributed by atoms with Crippen LogP contribution in [0, 0.1) is 0 Å². The molecule has 17 heavy (non-hydrogen) atoms. The number of nitrogens with one attached hydrogen (secondary N) is 1. The normalized spacial score (nSPS) is 17.8. The van der Waals surface area contributed by atoms with Crippen molar-refractivity contribution in [3.05, 3.63) is 0 Å². The first-order valence-corrected chi connectivity index (χ1v) is 6.82. The van der Waals surface area contributed by atoms with Gasteiger partial charge in [0.2, 0.25) is 0 Å². The predicted octanol–water partition coefficient (Wildman–Crippen LogP) is 2.56. The fraction of sp³-hybridized carbons (Fsp3) is 0.923. The van der Waals surface area contributed by atoms with E-state index in [0.29, 0.717) is 12.6 Å². The smallest absolute Gasteiger partial charge is 0.407 e. The molecule has 0 aliphatic heterocycles. The van der Waals surface area contributed by atoms with Crippen molar-refractivity contribution in [1.82, 2.24) is 5.32 Å². The maximum absolute atomic E-state index is 11.6. The summed E-state index contributed by atoms with van der Waals surface area (Å²) in [5.41, 5.74) is 5.70. The summed E-state index contributed by atoms with van der Waals surface area (Å²) in [4.78, 5) is 11.6. The molecule has 4 nitrogen and oxygen atoms in total. The second-order valence-electron chi connectivity index (χ2n) is 5.12. The molecule has 0 spiro atoms. The van der Waals surface area contributed by atoms with Crippen molar-refractivity contribution in [1.29, 1.82) is 0 Å². The third-order valence-electron chi connectivity index (χ3n) is 3.83. The fourth-order valence-corrected chi connectivity index (χ4v) is 2.12. The van der Waals surface area contributed by atoms with Crippen LogP contribution in [0.25, 0.3) is 0 Å². The number of amides is 1. The zero-order valence-electron chi connectivity index (χ0n) is 11.1. The zero-order chi connectivity index (χ0) is 12.7. The van der Waals surface area contributed by atoms with Crippen molar-refractivity contribution in [2.24, 2.45) is 5.73 Å². The Kier molecular flexibility index (Phi) is 5.75. The van der Waals surface area contributed by atoms with Gasteiger partial charge < -0.3 is 15.8 Å². The molecule has 1 aliphatic carbocycles. The lowest BCUT2D eigenvalue weighted by Crippen LogP contribution is -2.46. The molecule has 0 aromatic rings. The third-order valence-corrected chi connectivity index (χ3v) is 3.83. The van der Waals surface area contributed by atoms with E-state index in [1.165, 1.54) is 19.3 Å². The second-order valence-corrected chi connectivity index (χ2v) is 5.12. The average molecular weight is 242 g/mol. The standard InChI is InChI=1S/C13H26N2O2/c1-3-13(14,4-2)10-17-12(16)15-11-8-6-5-7-9-11/h11H,3-10,14H2,1-2H3,(H,15,16). The summed E-state index contributed by atoms with van der Waals surface area (Å²) in [6.45, 7) is 4.34. The Morgan fingerprint density at radius 1 is 1.29 bits per heavy atom. The molecule has 0 saturated heterocycles. The molecule has 1 amide bonds. The fourth-order valence-electron chi connectivity index (χ4n) is 2.12. The third kappa shape index (κ3) is 4.94. The summed E-state index contributed by atoms with van der Waals surface area (Å²) in [7, 11) is 0. The molecule has 0 aromatic heterocycles. The number of nitrogens with two attached hydrogens (primary N) is 1. The van der Waals surface area contributed by atoms with E-state index in [1.54, 1.807) is 0 Å².